The van der Waals surface area contributed by atoms with Crippen molar-refractivity contribution in [3.8, 4) is 17.0 Å². The van der Waals surface area contributed by atoms with E-state index in [1.54, 1.807) is 18.4 Å². The molecule has 0 saturated carbocycles. The minimum atomic E-state index is -0.000306. The number of aliphatic hydroxyl groups excluding tert-OH is 1. The number of nitrogens with zero attached hydrogens (tertiary/aromatic N) is 1. The van der Waals surface area contributed by atoms with Crippen LogP contribution in [0, 0.1) is 20.8 Å². The van der Waals surface area contributed by atoms with E-state index < -0.39 is 0 Å². The van der Waals surface area contributed by atoms with Crippen molar-refractivity contribution in [2.24, 2.45) is 0 Å². The van der Waals surface area contributed by atoms with Gasteiger partial charge in [-0.3, -0.25) is 0 Å². The summed E-state index contributed by atoms with van der Waals surface area (Å²) in [7, 11) is 1.68. The maximum atomic E-state index is 9.16. The summed E-state index contributed by atoms with van der Waals surface area (Å²) >= 11 is 1.54. The largest absolute Gasteiger partial charge is 0.496 e. The van der Waals surface area contributed by atoms with Crippen LogP contribution in [0.2, 0.25) is 0 Å². The van der Waals surface area contributed by atoms with E-state index in [9.17, 15) is 0 Å². The number of methoxy groups -OCH3 is 1. The van der Waals surface area contributed by atoms with Gasteiger partial charge in [-0.15, -0.1) is 11.3 Å². The highest BCUT2D eigenvalue weighted by Crippen LogP contribution is 2.34. The van der Waals surface area contributed by atoms with Gasteiger partial charge >= 0.3 is 0 Å². The summed E-state index contributed by atoms with van der Waals surface area (Å²) in [6.07, 6.45) is 0. The molecule has 1 aromatic carbocycles. The van der Waals surface area contributed by atoms with Crippen LogP contribution < -0.4 is 4.74 Å². The number of hydrogen-bond donors (Lipinski definition) is 1. The second-order valence-electron chi connectivity index (χ2n) is 4.24. The first-order chi connectivity index (χ1) is 8.58. The van der Waals surface area contributed by atoms with Gasteiger partial charge in [0.2, 0.25) is 0 Å². The van der Waals surface area contributed by atoms with Gasteiger partial charge in [-0.1, -0.05) is 0 Å². The van der Waals surface area contributed by atoms with Gasteiger partial charge in [-0.25, -0.2) is 4.98 Å². The lowest BCUT2D eigenvalue weighted by Crippen LogP contribution is -1.94. The Morgan fingerprint density at radius 1 is 1.22 bits per heavy atom. The summed E-state index contributed by atoms with van der Waals surface area (Å²) in [6, 6.07) is 4.00. The van der Waals surface area contributed by atoms with Crippen molar-refractivity contribution in [3.63, 3.8) is 0 Å². The normalized spacial score (nSPS) is 10.7. The maximum absolute atomic E-state index is 9.16. The van der Waals surface area contributed by atoms with Crippen molar-refractivity contribution in [2.75, 3.05) is 7.11 Å². The van der Waals surface area contributed by atoms with Gasteiger partial charge in [0.1, 0.15) is 10.8 Å². The first-order valence-corrected chi connectivity index (χ1v) is 6.61. The molecule has 1 heterocycles. The third kappa shape index (κ3) is 2.13. The van der Waals surface area contributed by atoms with Crippen LogP contribution in [0.5, 0.6) is 5.75 Å². The second-order valence-corrected chi connectivity index (χ2v) is 5.52. The Kier molecular flexibility index (Phi) is 3.68. The standard InChI is InChI=1S/C14H17NO2S/c1-8-9(2)12(17-4)6-5-11(8)14-10(3)18-13(7-16)15-14/h5-6,16H,7H2,1-4H3. The Morgan fingerprint density at radius 2 is 1.94 bits per heavy atom. The van der Waals surface area contributed by atoms with Crippen molar-refractivity contribution >= 4 is 11.3 Å². The van der Waals surface area contributed by atoms with Gasteiger partial charge in [0.05, 0.1) is 19.4 Å². The predicted molar refractivity (Wildman–Crippen MR) is 74.2 cm³/mol. The molecule has 0 aliphatic heterocycles. The van der Waals surface area contributed by atoms with Crippen LogP contribution in [0.15, 0.2) is 12.1 Å². The van der Waals surface area contributed by atoms with Gasteiger partial charge in [0, 0.05) is 10.4 Å². The molecule has 3 nitrogen and oxygen atoms in total. The fourth-order valence-electron chi connectivity index (χ4n) is 2.04. The molecule has 0 saturated heterocycles. The zero-order valence-corrected chi connectivity index (χ0v) is 11.9. The van der Waals surface area contributed by atoms with Gasteiger partial charge in [-0.05, 0) is 44.0 Å². The van der Waals surface area contributed by atoms with E-state index in [0.29, 0.717) is 0 Å². The van der Waals surface area contributed by atoms with E-state index in [-0.39, 0.29) is 6.61 Å². The third-order valence-corrected chi connectivity index (χ3v) is 4.14. The van der Waals surface area contributed by atoms with Crippen molar-refractivity contribution < 1.29 is 9.84 Å². The van der Waals surface area contributed by atoms with E-state index in [1.807, 2.05) is 26.0 Å². The van der Waals surface area contributed by atoms with Crippen LogP contribution >= 0.6 is 11.3 Å². The molecule has 0 fully saturated rings. The highest BCUT2D eigenvalue weighted by atomic mass is 32.1. The average Bonchev–Trinajstić information content (AvgIpc) is 2.74. The molecule has 0 unspecified atom stereocenters. The van der Waals surface area contributed by atoms with Gasteiger partial charge < -0.3 is 9.84 Å². The molecule has 18 heavy (non-hydrogen) atoms. The predicted octanol–water partition coefficient (Wildman–Crippen LogP) is 3.24. The Morgan fingerprint density at radius 3 is 2.50 bits per heavy atom. The number of aliphatic hydroxyl groups is 1. The highest BCUT2D eigenvalue weighted by Gasteiger charge is 2.14. The minimum Gasteiger partial charge on any atom is -0.496 e. The van der Waals surface area contributed by atoms with Crippen LogP contribution in [-0.2, 0) is 6.61 Å². The molecule has 0 spiro atoms. The number of benzene rings is 1. The minimum absolute atomic E-state index is 0.000306. The van der Waals surface area contributed by atoms with Gasteiger partial charge in [0.25, 0.3) is 0 Å². The lowest BCUT2D eigenvalue weighted by Gasteiger charge is -2.11. The Bertz CT molecular complexity index is 575. The molecule has 96 valence electrons. The zero-order chi connectivity index (χ0) is 13.3. The van der Waals surface area contributed by atoms with E-state index in [0.717, 1.165) is 32.5 Å². The summed E-state index contributed by atoms with van der Waals surface area (Å²) in [6.45, 7) is 6.15. The SMILES string of the molecule is COc1ccc(-c2nc(CO)sc2C)c(C)c1C. The molecular weight excluding hydrogens is 246 g/mol. The van der Waals surface area contributed by atoms with Crippen LogP contribution in [-0.4, -0.2) is 17.2 Å². The zero-order valence-electron chi connectivity index (χ0n) is 11.1. The lowest BCUT2D eigenvalue weighted by molar-refractivity contribution is 0.281. The molecule has 0 amide bonds. The van der Waals surface area contributed by atoms with Crippen LogP contribution in [0.4, 0.5) is 0 Å². The Balaban J connectivity index is 2.57. The van der Waals surface area contributed by atoms with Gasteiger partial charge in [0.15, 0.2) is 0 Å². The average molecular weight is 263 g/mol. The van der Waals surface area contributed by atoms with Crippen LogP contribution in [0.3, 0.4) is 0 Å². The van der Waals surface area contributed by atoms with Crippen molar-refractivity contribution in [2.45, 2.75) is 27.4 Å². The quantitative estimate of drug-likeness (QED) is 0.924. The molecular formula is C14H17NO2S. The number of aromatic nitrogens is 1. The number of hydrogen-bond acceptors (Lipinski definition) is 4. The monoisotopic (exact) mass is 263 g/mol. The summed E-state index contributed by atoms with van der Waals surface area (Å²) < 4.78 is 5.32. The van der Waals surface area contributed by atoms with Crippen molar-refractivity contribution in [1.82, 2.24) is 4.98 Å². The molecule has 2 aromatic rings. The number of thiazole rings is 1. The van der Waals surface area contributed by atoms with Gasteiger partial charge in [-0.2, -0.15) is 0 Å². The summed E-state index contributed by atoms with van der Waals surface area (Å²) in [4.78, 5) is 5.61. The topological polar surface area (TPSA) is 42.4 Å². The Labute approximate surface area is 111 Å². The molecule has 1 N–H and O–H groups in total. The molecule has 4 heteroatoms. The van der Waals surface area contributed by atoms with Crippen LogP contribution in [0.1, 0.15) is 21.0 Å². The van der Waals surface area contributed by atoms with Crippen LogP contribution in [0.25, 0.3) is 11.3 Å². The molecule has 0 aliphatic carbocycles. The number of ether oxygens (including phenoxy) is 1. The maximum Gasteiger partial charge on any atom is 0.122 e. The van der Waals surface area contributed by atoms with Crippen molar-refractivity contribution in [3.05, 3.63) is 33.1 Å². The summed E-state index contributed by atoms with van der Waals surface area (Å²) in [5.41, 5.74) is 4.38. The fourth-order valence-corrected chi connectivity index (χ4v) is 2.85. The summed E-state index contributed by atoms with van der Waals surface area (Å²) in [5.74, 6) is 0.895. The summed E-state index contributed by atoms with van der Waals surface area (Å²) in [5, 5.41) is 9.92. The smallest absolute Gasteiger partial charge is 0.122 e. The molecule has 0 atom stereocenters. The van der Waals surface area contributed by atoms with Crippen molar-refractivity contribution in [1.29, 1.82) is 0 Å². The molecule has 0 bridgehead atoms. The Hall–Kier alpha value is -1.39. The van der Waals surface area contributed by atoms with E-state index >= 15 is 0 Å². The molecule has 0 aliphatic rings. The molecule has 2 rings (SSSR count). The lowest BCUT2D eigenvalue weighted by atomic mass is 9.99. The first kappa shape index (κ1) is 13.1. The second kappa shape index (κ2) is 5.08. The fraction of sp³-hybridized carbons (Fsp3) is 0.357. The number of rotatable bonds is 3. The van der Waals surface area contributed by atoms with E-state index in [4.69, 9.17) is 9.84 Å². The first-order valence-electron chi connectivity index (χ1n) is 5.80. The number of aryl methyl sites for hydroxylation is 1. The highest BCUT2D eigenvalue weighted by molar-refractivity contribution is 7.12. The van der Waals surface area contributed by atoms with E-state index in [2.05, 4.69) is 11.9 Å². The van der Waals surface area contributed by atoms with E-state index in [1.165, 1.54) is 5.56 Å². The molecule has 0 radical (unpaired) electrons. The third-order valence-electron chi connectivity index (χ3n) is 3.19. The molecule has 1 aromatic heterocycles.